The van der Waals surface area contributed by atoms with Gasteiger partial charge in [0.1, 0.15) is 0 Å². The fourth-order valence-corrected chi connectivity index (χ4v) is 1.62. The predicted octanol–water partition coefficient (Wildman–Crippen LogP) is 3.07. The third-order valence-corrected chi connectivity index (χ3v) is 2.56. The molecule has 1 aromatic rings. The topological polar surface area (TPSA) is 66.4 Å². The number of aromatic carboxylic acids is 1. The molecule has 98 valence electrons. The maximum Gasteiger partial charge on any atom is 0.335 e. The first-order valence-corrected chi connectivity index (χ1v) is 6.03. The van der Waals surface area contributed by atoms with E-state index in [2.05, 4.69) is 19.2 Å². The van der Waals surface area contributed by atoms with Gasteiger partial charge < -0.3 is 10.4 Å². The van der Waals surface area contributed by atoms with Crippen LogP contribution < -0.4 is 5.32 Å². The summed E-state index contributed by atoms with van der Waals surface area (Å²) < 4.78 is 0. The van der Waals surface area contributed by atoms with Crippen LogP contribution in [0.1, 0.15) is 42.6 Å². The Hall–Kier alpha value is -1.84. The lowest BCUT2D eigenvalue weighted by Crippen LogP contribution is -2.13. The van der Waals surface area contributed by atoms with E-state index < -0.39 is 5.97 Å². The van der Waals surface area contributed by atoms with Gasteiger partial charge in [0, 0.05) is 12.1 Å². The number of anilines is 1. The highest BCUT2D eigenvalue weighted by molar-refractivity contribution is 5.94. The van der Waals surface area contributed by atoms with Gasteiger partial charge in [-0.2, -0.15) is 0 Å². The van der Waals surface area contributed by atoms with Crippen molar-refractivity contribution >= 4 is 17.6 Å². The summed E-state index contributed by atoms with van der Waals surface area (Å²) >= 11 is 0. The SMILES string of the molecule is Cc1cc(NC(=O)CCC(C)C)cc(C(=O)O)c1. The Bertz CT molecular complexity index is 452. The molecule has 0 heterocycles. The molecule has 0 radical (unpaired) electrons. The molecule has 4 nitrogen and oxygen atoms in total. The molecule has 0 spiro atoms. The fraction of sp³-hybridized carbons (Fsp3) is 0.429. The molecule has 0 aliphatic heterocycles. The summed E-state index contributed by atoms with van der Waals surface area (Å²) in [6.07, 6.45) is 1.28. The van der Waals surface area contributed by atoms with Crippen molar-refractivity contribution in [3.63, 3.8) is 0 Å². The summed E-state index contributed by atoms with van der Waals surface area (Å²) in [7, 11) is 0. The molecule has 1 aromatic carbocycles. The van der Waals surface area contributed by atoms with E-state index in [1.165, 1.54) is 6.07 Å². The fourth-order valence-electron chi connectivity index (χ4n) is 1.62. The van der Waals surface area contributed by atoms with Crippen LogP contribution in [0.2, 0.25) is 0 Å². The lowest BCUT2D eigenvalue weighted by Gasteiger charge is -2.08. The molecule has 0 atom stereocenters. The zero-order chi connectivity index (χ0) is 13.7. The molecule has 0 aliphatic rings. The lowest BCUT2D eigenvalue weighted by molar-refractivity contribution is -0.116. The molecule has 0 aromatic heterocycles. The van der Waals surface area contributed by atoms with E-state index in [9.17, 15) is 9.59 Å². The Morgan fingerprint density at radius 2 is 1.94 bits per heavy atom. The van der Waals surface area contributed by atoms with E-state index in [0.717, 1.165) is 12.0 Å². The van der Waals surface area contributed by atoms with Crippen molar-refractivity contribution in [3.05, 3.63) is 29.3 Å². The minimum Gasteiger partial charge on any atom is -0.478 e. The summed E-state index contributed by atoms with van der Waals surface area (Å²) in [5.74, 6) is -0.593. The number of rotatable bonds is 5. The van der Waals surface area contributed by atoms with Crippen LogP contribution in [0.25, 0.3) is 0 Å². The number of hydrogen-bond acceptors (Lipinski definition) is 2. The largest absolute Gasteiger partial charge is 0.478 e. The van der Waals surface area contributed by atoms with Crippen molar-refractivity contribution in [2.24, 2.45) is 5.92 Å². The first kappa shape index (κ1) is 14.2. The molecule has 0 unspecified atom stereocenters. The zero-order valence-corrected chi connectivity index (χ0v) is 11.0. The Morgan fingerprint density at radius 1 is 1.28 bits per heavy atom. The summed E-state index contributed by atoms with van der Waals surface area (Å²) in [6, 6.07) is 4.81. The Balaban J connectivity index is 2.72. The van der Waals surface area contributed by atoms with Crippen LogP contribution in [0.3, 0.4) is 0 Å². The highest BCUT2D eigenvalue weighted by Gasteiger charge is 2.08. The van der Waals surface area contributed by atoms with Crippen molar-refractivity contribution in [1.82, 2.24) is 0 Å². The number of carbonyl (C=O) groups excluding carboxylic acids is 1. The Morgan fingerprint density at radius 3 is 2.50 bits per heavy atom. The molecule has 0 saturated heterocycles. The van der Waals surface area contributed by atoms with E-state index in [4.69, 9.17) is 5.11 Å². The predicted molar refractivity (Wildman–Crippen MR) is 70.8 cm³/mol. The number of aryl methyl sites for hydroxylation is 1. The van der Waals surface area contributed by atoms with Gasteiger partial charge in [0.05, 0.1) is 5.56 Å². The van der Waals surface area contributed by atoms with Gasteiger partial charge in [0.25, 0.3) is 0 Å². The van der Waals surface area contributed by atoms with Crippen molar-refractivity contribution < 1.29 is 14.7 Å². The number of carboxylic acids is 1. The monoisotopic (exact) mass is 249 g/mol. The first-order chi connectivity index (χ1) is 8.38. The molecule has 0 aliphatic carbocycles. The Kier molecular flexibility index (Phi) is 4.89. The summed E-state index contributed by atoms with van der Waals surface area (Å²) in [4.78, 5) is 22.5. The molecule has 18 heavy (non-hydrogen) atoms. The maximum absolute atomic E-state index is 11.7. The van der Waals surface area contributed by atoms with Crippen molar-refractivity contribution in [1.29, 1.82) is 0 Å². The second-order valence-electron chi connectivity index (χ2n) is 4.87. The van der Waals surface area contributed by atoms with Crippen molar-refractivity contribution in [2.75, 3.05) is 5.32 Å². The maximum atomic E-state index is 11.7. The molecule has 0 saturated carbocycles. The lowest BCUT2D eigenvalue weighted by atomic mass is 10.1. The summed E-state index contributed by atoms with van der Waals surface area (Å²) in [5, 5.41) is 11.7. The zero-order valence-electron chi connectivity index (χ0n) is 11.0. The summed E-state index contributed by atoms with van der Waals surface area (Å²) in [6.45, 7) is 5.92. The van der Waals surface area contributed by atoms with Gasteiger partial charge in [-0.05, 0) is 43.0 Å². The van der Waals surface area contributed by atoms with Gasteiger partial charge in [0.2, 0.25) is 5.91 Å². The van der Waals surface area contributed by atoms with E-state index in [1.807, 2.05) is 0 Å². The number of nitrogens with one attached hydrogen (secondary N) is 1. The van der Waals surface area contributed by atoms with E-state index in [0.29, 0.717) is 18.0 Å². The van der Waals surface area contributed by atoms with Crippen molar-refractivity contribution in [3.8, 4) is 0 Å². The second kappa shape index (κ2) is 6.19. The Labute approximate surface area is 107 Å². The van der Waals surface area contributed by atoms with Gasteiger partial charge >= 0.3 is 5.97 Å². The molecule has 0 bridgehead atoms. The first-order valence-electron chi connectivity index (χ1n) is 6.03. The minimum atomic E-state index is -0.989. The molecule has 4 heteroatoms. The van der Waals surface area contributed by atoms with E-state index in [-0.39, 0.29) is 11.5 Å². The van der Waals surface area contributed by atoms with Gasteiger partial charge in [-0.15, -0.1) is 0 Å². The average molecular weight is 249 g/mol. The van der Waals surface area contributed by atoms with Gasteiger partial charge in [-0.25, -0.2) is 4.79 Å². The third kappa shape index (κ3) is 4.57. The molecule has 0 fully saturated rings. The normalized spacial score (nSPS) is 10.4. The van der Waals surface area contributed by atoms with Crippen LogP contribution in [0, 0.1) is 12.8 Å². The average Bonchev–Trinajstić information content (AvgIpc) is 2.25. The number of amides is 1. The van der Waals surface area contributed by atoms with Gasteiger partial charge in [0.15, 0.2) is 0 Å². The van der Waals surface area contributed by atoms with Crippen LogP contribution in [0.15, 0.2) is 18.2 Å². The number of carbonyl (C=O) groups is 2. The van der Waals surface area contributed by atoms with Gasteiger partial charge in [-0.3, -0.25) is 4.79 Å². The highest BCUT2D eigenvalue weighted by atomic mass is 16.4. The quantitative estimate of drug-likeness (QED) is 0.842. The van der Waals surface area contributed by atoms with Crippen LogP contribution in [-0.4, -0.2) is 17.0 Å². The van der Waals surface area contributed by atoms with Gasteiger partial charge in [-0.1, -0.05) is 13.8 Å². The van der Waals surface area contributed by atoms with Crippen LogP contribution >= 0.6 is 0 Å². The summed E-state index contributed by atoms with van der Waals surface area (Å²) in [5.41, 5.74) is 1.55. The number of benzene rings is 1. The second-order valence-corrected chi connectivity index (χ2v) is 4.87. The van der Waals surface area contributed by atoms with Crippen LogP contribution in [-0.2, 0) is 4.79 Å². The number of hydrogen-bond donors (Lipinski definition) is 2. The van der Waals surface area contributed by atoms with Crippen LogP contribution in [0.5, 0.6) is 0 Å². The molecule has 1 rings (SSSR count). The van der Waals surface area contributed by atoms with E-state index >= 15 is 0 Å². The van der Waals surface area contributed by atoms with Crippen LogP contribution in [0.4, 0.5) is 5.69 Å². The minimum absolute atomic E-state index is 0.0781. The molecule has 1 amide bonds. The number of carboxylic acid groups (broad SMARTS) is 1. The highest BCUT2D eigenvalue weighted by Crippen LogP contribution is 2.15. The molecular weight excluding hydrogens is 230 g/mol. The molecular formula is C14H19NO3. The standard InChI is InChI=1S/C14H19NO3/c1-9(2)4-5-13(16)15-12-7-10(3)6-11(8-12)14(17)18/h6-9H,4-5H2,1-3H3,(H,15,16)(H,17,18). The van der Waals surface area contributed by atoms with Crippen molar-refractivity contribution in [2.45, 2.75) is 33.6 Å². The molecule has 2 N–H and O–H groups in total. The van der Waals surface area contributed by atoms with E-state index in [1.54, 1.807) is 19.1 Å². The third-order valence-electron chi connectivity index (χ3n) is 2.56. The smallest absolute Gasteiger partial charge is 0.335 e.